The second kappa shape index (κ2) is 8.22. The van der Waals surface area contributed by atoms with E-state index in [2.05, 4.69) is 33.6 Å². The van der Waals surface area contributed by atoms with Gasteiger partial charge in [-0.2, -0.15) is 0 Å². The Kier molecular flexibility index (Phi) is 5.96. The zero-order valence-electron chi connectivity index (χ0n) is 16.0. The predicted molar refractivity (Wildman–Crippen MR) is 105 cm³/mol. The minimum atomic E-state index is -3.18. The highest BCUT2D eigenvalue weighted by Gasteiger charge is 2.20. The van der Waals surface area contributed by atoms with E-state index in [1.807, 2.05) is 0 Å². The highest BCUT2D eigenvalue weighted by molar-refractivity contribution is 7.90. The standard InChI is InChI=1S/C19H26N4O3S/c1-15(2)22-8-10-23(11-9-22)19-20-12-17(13-21-19)26-14-16-4-6-18(7-5-16)27(3,24)25/h4-7,12-13,15H,8-11,14H2,1-3H3. The van der Waals surface area contributed by atoms with Gasteiger partial charge >= 0.3 is 0 Å². The molecule has 1 saturated heterocycles. The molecule has 1 aliphatic heterocycles. The number of rotatable bonds is 6. The van der Waals surface area contributed by atoms with Crippen LogP contribution in [0.5, 0.6) is 5.75 Å². The van der Waals surface area contributed by atoms with E-state index in [1.54, 1.807) is 36.7 Å². The van der Waals surface area contributed by atoms with Gasteiger partial charge in [-0.05, 0) is 31.5 Å². The van der Waals surface area contributed by atoms with Crippen LogP contribution >= 0.6 is 0 Å². The maximum Gasteiger partial charge on any atom is 0.225 e. The lowest BCUT2D eigenvalue weighted by atomic mass is 10.2. The first-order chi connectivity index (χ1) is 12.8. The summed E-state index contributed by atoms with van der Waals surface area (Å²) in [6.45, 7) is 8.64. The molecule has 0 radical (unpaired) electrons. The predicted octanol–water partition coefficient (Wildman–Crippen LogP) is 1.99. The first-order valence-corrected chi connectivity index (χ1v) is 10.9. The molecule has 0 aliphatic carbocycles. The van der Waals surface area contributed by atoms with Gasteiger partial charge in [-0.1, -0.05) is 12.1 Å². The fraction of sp³-hybridized carbons (Fsp3) is 0.474. The summed E-state index contributed by atoms with van der Waals surface area (Å²) in [5.74, 6) is 1.31. The summed E-state index contributed by atoms with van der Waals surface area (Å²) in [5, 5.41) is 0. The molecule has 1 aromatic carbocycles. The van der Waals surface area contributed by atoms with Crippen LogP contribution in [0.1, 0.15) is 19.4 Å². The molecule has 0 N–H and O–H groups in total. The summed E-state index contributed by atoms with van der Waals surface area (Å²) in [5.41, 5.74) is 0.885. The summed E-state index contributed by atoms with van der Waals surface area (Å²) in [6, 6.07) is 7.24. The van der Waals surface area contributed by atoms with Crippen LogP contribution in [0.15, 0.2) is 41.6 Å². The van der Waals surface area contributed by atoms with E-state index < -0.39 is 9.84 Å². The molecule has 2 heterocycles. The number of aromatic nitrogens is 2. The average molecular weight is 391 g/mol. The third-order valence-corrected chi connectivity index (χ3v) is 5.83. The largest absolute Gasteiger partial charge is 0.486 e. The van der Waals surface area contributed by atoms with E-state index in [0.29, 0.717) is 23.3 Å². The summed E-state index contributed by atoms with van der Waals surface area (Å²) in [4.78, 5) is 13.8. The number of piperazine rings is 1. The third-order valence-electron chi connectivity index (χ3n) is 4.70. The van der Waals surface area contributed by atoms with Gasteiger partial charge in [0.1, 0.15) is 6.61 Å². The minimum absolute atomic E-state index is 0.302. The first-order valence-electron chi connectivity index (χ1n) is 9.06. The first kappa shape index (κ1) is 19.6. The van der Waals surface area contributed by atoms with Crippen molar-refractivity contribution in [3.63, 3.8) is 0 Å². The fourth-order valence-corrected chi connectivity index (χ4v) is 3.62. The Morgan fingerprint density at radius 1 is 1.04 bits per heavy atom. The van der Waals surface area contributed by atoms with Crippen LogP contribution in [0.2, 0.25) is 0 Å². The molecule has 0 saturated carbocycles. The van der Waals surface area contributed by atoms with Gasteiger partial charge < -0.3 is 9.64 Å². The molecule has 3 rings (SSSR count). The quantitative estimate of drug-likeness (QED) is 0.747. The van der Waals surface area contributed by atoms with Crippen LogP contribution in [-0.2, 0) is 16.4 Å². The van der Waals surface area contributed by atoms with Crippen LogP contribution in [0.4, 0.5) is 5.95 Å². The van der Waals surface area contributed by atoms with Crippen molar-refractivity contribution in [3.05, 3.63) is 42.2 Å². The Morgan fingerprint density at radius 2 is 1.63 bits per heavy atom. The molecule has 1 aromatic heterocycles. The number of benzene rings is 1. The third kappa shape index (κ3) is 5.17. The number of anilines is 1. The molecule has 0 bridgehead atoms. The normalized spacial score (nSPS) is 15.9. The van der Waals surface area contributed by atoms with E-state index in [4.69, 9.17) is 4.74 Å². The lowest BCUT2D eigenvalue weighted by Crippen LogP contribution is -2.49. The van der Waals surface area contributed by atoms with Crippen molar-refractivity contribution in [2.45, 2.75) is 31.4 Å². The average Bonchev–Trinajstić information content (AvgIpc) is 2.66. The second-order valence-corrected chi connectivity index (χ2v) is 9.06. The van der Waals surface area contributed by atoms with Crippen LogP contribution in [0.3, 0.4) is 0 Å². The fourth-order valence-electron chi connectivity index (χ4n) is 2.99. The second-order valence-electron chi connectivity index (χ2n) is 7.04. The molecular weight excluding hydrogens is 364 g/mol. The Labute approximate surface area is 160 Å². The van der Waals surface area contributed by atoms with Crippen molar-refractivity contribution in [2.24, 2.45) is 0 Å². The van der Waals surface area contributed by atoms with Crippen molar-refractivity contribution >= 4 is 15.8 Å². The monoisotopic (exact) mass is 390 g/mol. The molecule has 1 aliphatic rings. The van der Waals surface area contributed by atoms with E-state index in [0.717, 1.165) is 37.7 Å². The van der Waals surface area contributed by atoms with Gasteiger partial charge in [0.25, 0.3) is 0 Å². The molecule has 0 spiro atoms. The van der Waals surface area contributed by atoms with Crippen LogP contribution in [0, 0.1) is 0 Å². The number of nitrogens with zero attached hydrogens (tertiary/aromatic N) is 4. The van der Waals surface area contributed by atoms with Gasteiger partial charge in [0.05, 0.1) is 17.3 Å². The Balaban J connectivity index is 1.54. The Bertz CT molecular complexity index is 844. The number of sulfone groups is 1. The van der Waals surface area contributed by atoms with Crippen LogP contribution < -0.4 is 9.64 Å². The van der Waals surface area contributed by atoms with Crippen LogP contribution in [-0.4, -0.2) is 61.8 Å². The molecule has 1 fully saturated rings. The van der Waals surface area contributed by atoms with E-state index >= 15 is 0 Å². The maximum absolute atomic E-state index is 11.5. The molecule has 8 heteroatoms. The number of hydrogen-bond acceptors (Lipinski definition) is 7. The Hall–Kier alpha value is -2.19. The van der Waals surface area contributed by atoms with Crippen LogP contribution in [0.25, 0.3) is 0 Å². The SMILES string of the molecule is CC(C)N1CCN(c2ncc(OCc3ccc(S(C)(=O)=O)cc3)cn2)CC1. The molecule has 0 atom stereocenters. The Morgan fingerprint density at radius 3 is 2.15 bits per heavy atom. The molecule has 27 heavy (non-hydrogen) atoms. The lowest BCUT2D eigenvalue weighted by Gasteiger charge is -2.36. The van der Waals surface area contributed by atoms with Crippen molar-refractivity contribution in [1.82, 2.24) is 14.9 Å². The van der Waals surface area contributed by atoms with Gasteiger partial charge in [-0.3, -0.25) is 4.90 Å². The number of hydrogen-bond donors (Lipinski definition) is 0. The smallest absolute Gasteiger partial charge is 0.225 e. The van der Waals surface area contributed by atoms with Gasteiger partial charge in [0.15, 0.2) is 15.6 Å². The summed E-state index contributed by atoms with van der Waals surface area (Å²) in [7, 11) is -3.18. The van der Waals surface area contributed by atoms with Gasteiger partial charge in [-0.15, -0.1) is 0 Å². The molecule has 7 nitrogen and oxygen atoms in total. The zero-order chi connectivity index (χ0) is 19.4. The molecule has 2 aromatic rings. The van der Waals surface area contributed by atoms with E-state index in [1.165, 1.54) is 6.26 Å². The van der Waals surface area contributed by atoms with Gasteiger partial charge in [-0.25, -0.2) is 18.4 Å². The van der Waals surface area contributed by atoms with Gasteiger partial charge in [0.2, 0.25) is 5.95 Å². The van der Waals surface area contributed by atoms with Crippen molar-refractivity contribution < 1.29 is 13.2 Å². The van der Waals surface area contributed by atoms with E-state index in [9.17, 15) is 8.42 Å². The highest BCUT2D eigenvalue weighted by Crippen LogP contribution is 2.17. The van der Waals surface area contributed by atoms with E-state index in [-0.39, 0.29) is 0 Å². The molecular formula is C19H26N4O3S. The topological polar surface area (TPSA) is 75.6 Å². The molecule has 146 valence electrons. The van der Waals surface area contributed by atoms with Crippen molar-refractivity contribution in [3.8, 4) is 5.75 Å². The molecule has 0 unspecified atom stereocenters. The highest BCUT2D eigenvalue weighted by atomic mass is 32.2. The summed E-state index contributed by atoms with van der Waals surface area (Å²) < 4.78 is 28.7. The number of ether oxygens (including phenoxy) is 1. The molecule has 0 amide bonds. The van der Waals surface area contributed by atoms with Crippen molar-refractivity contribution in [2.75, 3.05) is 37.3 Å². The summed E-state index contributed by atoms with van der Waals surface area (Å²) in [6.07, 6.45) is 4.56. The minimum Gasteiger partial charge on any atom is -0.486 e. The maximum atomic E-state index is 11.5. The lowest BCUT2D eigenvalue weighted by molar-refractivity contribution is 0.208. The van der Waals surface area contributed by atoms with Gasteiger partial charge in [0, 0.05) is 38.5 Å². The summed E-state index contributed by atoms with van der Waals surface area (Å²) >= 11 is 0. The van der Waals surface area contributed by atoms with Crippen molar-refractivity contribution in [1.29, 1.82) is 0 Å². The zero-order valence-corrected chi connectivity index (χ0v) is 16.8.